The molecule has 0 aliphatic heterocycles. The quantitative estimate of drug-likeness (QED) is 0.879. The van der Waals surface area contributed by atoms with Crippen molar-refractivity contribution < 1.29 is 5.11 Å². The zero-order chi connectivity index (χ0) is 13.8. The molecular weight excluding hydrogens is 313 g/mol. The lowest BCUT2D eigenvalue weighted by Gasteiger charge is -2.18. The van der Waals surface area contributed by atoms with Crippen molar-refractivity contribution in [1.82, 2.24) is 0 Å². The highest BCUT2D eigenvalue weighted by Gasteiger charge is 2.16. The third kappa shape index (κ3) is 4.40. The van der Waals surface area contributed by atoms with Crippen LogP contribution in [0, 0.1) is 0 Å². The number of hydrogen-bond acceptors (Lipinski definition) is 3. The molecule has 0 aliphatic rings. The van der Waals surface area contributed by atoms with E-state index in [-0.39, 0.29) is 18.4 Å². The van der Waals surface area contributed by atoms with Crippen molar-refractivity contribution in [1.29, 1.82) is 0 Å². The highest BCUT2D eigenvalue weighted by Crippen LogP contribution is 2.33. The van der Waals surface area contributed by atoms with Crippen molar-refractivity contribution in [2.45, 2.75) is 28.9 Å². The summed E-state index contributed by atoms with van der Waals surface area (Å²) in [6.07, 6.45) is -0.577. The van der Waals surface area contributed by atoms with Gasteiger partial charge in [-0.3, -0.25) is 0 Å². The fourth-order valence-corrected chi connectivity index (χ4v) is 2.86. The molecule has 0 aromatic heterocycles. The summed E-state index contributed by atoms with van der Waals surface area (Å²) in [5.74, 6) is 0. The van der Waals surface area contributed by atoms with Gasteiger partial charge in [-0.25, -0.2) is 0 Å². The van der Waals surface area contributed by atoms with Gasteiger partial charge in [-0.15, -0.1) is 12.4 Å². The van der Waals surface area contributed by atoms with Crippen LogP contribution in [-0.4, -0.2) is 11.2 Å². The molecule has 0 heterocycles. The van der Waals surface area contributed by atoms with Crippen LogP contribution in [0.1, 0.15) is 18.5 Å². The van der Waals surface area contributed by atoms with Gasteiger partial charge in [-0.2, -0.15) is 0 Å². The molecule has 0 amide bonds. The lowest BCUT2D eigenvalue weighted by molar-refractivity contribution is 0.163. The third-order valence-corrected chi connectivity index (χ3v) is 4.19. The molecule has 0 aliphatic carbocycles. The van der Waals surface area contributed by atoms with Crippen LogP contribution in [0.2, 0.25) is 5.02 Å². The van der Waals surface area contributed by atoms with Crippen LogP contribution in [0.15, 0.2) is 58.3 Å². The Hall–Kier alpha value is -0.710. The van der Waals surface area contributed by atoms with Gasteiger partial charge in [0.2, 0.25) is 0 Å². The third-order valence-electron chi connectivity index (χ3n) is 2.84. The average Bonchev–Trinajstić information content (AvgIpc) is 2.41. The molecule has 3 N–H and O–H groups in total. The van der Waals surface area contributed by atoms with E-state index in [0.717, 1.165) is 20.4 Å². The number of benzene rings is 2. The van der Waals surface area contributed by atoms with Gasteiger partial charge in [0, 0.05) is 14.8 Å². The number of hydrogen-bond donors (Lipinski definition) is 2. The molecule has 2 rings (SSSR count). The van der Waals surface area contributed by atoms with E-state index in [1.807, 2.05) is 48.5 Å². The van der Waals surface area contributed by atoms with Crippen LogP contribution in [-0.2, 0) is 0 Å². The number of halogens is 2. The maximum Gasteiger partial charge on any atom is 0.0705 e. The van der Waals surface area contributed by atoms with Gasteiger partial charge >= 0.3 is 0 Å². The number of aliphatic hydroxyl groups is 1. The van der Waals surface area contributed by atoms with E-state index in [4.69, 9.17) is 17.3 Å². The topological polar surface area (TPSA) is 46.2 Å². The van der Waals surface area contributed by atoms with Crippen molar-refractivity contribution >= 4 is 35.8 Å². The van der Waals surface area contributed by atoms with Gasteiger partial charge in [0.1, 0.15) is 0 Å². The van der Waals surface area contributed by atoms with E-state index in [0.29, 0.717) is 0 Å². The number of nitrogens with two attached hydrogens (primary N) is 1. The highest BCUT2D eigenvalue weighted by molar-refractivity contribution is 7.99. The van der Waals surface area contributed by atoms with E-state index < -0.39 is 6.10 Å². The minimum absolute atomic E-state index is 0. The molecule has 0 radical (unpaired) electrons. The lowest BCUT2D eigenvalue weighted by atomic mass is 10.0. The van der Waals surface area contributed by atoms with Gasteiger partial charge in [0.25, 0.3) is 0 Å². The summed E-state index contributed by atoms with van der Waals surface area (Å²) in [4.78, 5) is 2.15. The summed E-state index contributed by atoms with van der Waals surface area (Å²) in [5.41, 5.74) is 6.99. The van der Waals surface area contributed by atoms with Crippen molar-refractivity contribution in [3.05, 3.63) is 59.1 Å². The molecule has 2 aromatic rings. The second kappa shape index (κ2) is 7.91. The van der Waals surface area contributed by atoms with E-state index in [2.05, 4.69) is 0 Å². The molecule has 0 fully saturated rings. The van der Waals surface area contributed by atoms with Crippen molar-refractivity contribution in [3.8, 4) is 0 Å². The molecule has 0 bridgehead atoms. The monoisotopic (exact) mass is 329 g/mol. The molecule has 2 atom stereocenters. The first-order valence-corrected chi connectivity index (χ1v) is 7.23. The molecule has 0 saturated heterocycles. The van der Waals surface area contributed by atoms with E-state index in [1.54, 1.807) is 18.7 Å². The first-order chi connectivity index (χ1) is 9.08. The Kier molecular flexibility index (Phi) is 6.86. The van der Waals surface area contributed by atoms with Gasteiger partial charge in [-0.05, 0) is 42.8 Å². The van der Waals surface area contributed by atoms with Crippen LogP contribution in [0.5, 0.6) is 0 Å². The molecule has 0 unspecified atom stereocenters. The lowest BCUT2D eigenvalue weighted by Crippen LogP contribution is -2.23. The van der Waals surface area contributed by atoms with E-state index >= 15 is 0 Å². The molecule has 20 heavy (non-hydrogen) atoms. The van der Waals surface area contributed by atoms with Crippen molar-refractivity contribution in [2.24, 2.45) is 5.73 Å². The van der Waals surface area contributed by atoms with Crippen LogP contribution >= 0.6 is 35.8 Å². The van der Waals surface area contributed by atoms with Crippen molar-refractivity contribution in [3.63, 3.8) is 0 Å². The molecule has 108 valence electrons. The second-order valence-corrected chi connectivity index (χ2v) is 5.91. The molecule has 5 heteroatoms. The summed E-state index contributed by atoms with van der Waals surface area (Å²) >= 11 is 7.49. The predicted octanol–water partition coefficient (Wildman–Crippen LogP) is 4.29. The van der Waals surface area contributed by atoms with Crippen molar-refractivity contribution in [2.75, 3.05) is 0 Å². The first-order valence-electron chi connectivity index (χ1n) is 6.04. The Morgan fingerprint density at radius 1 is 1.10 bits per heavy atom. The molecule has 2 nitrogen and oxygen atoms in total. The second-order valence-electron chi connectivity index (χ2n) is 4.36. The molecular formula is C15H17Cl2NOS. The van der Waals surface area contributed by atoms with Crippen LogP contribution < -0.4 is 5.73 Å². The summed E-state index contributed by atoms with van der Waals surface area (Å²) in [5, 5.41) is 10.4. The zero-order valence-corrected chi connectivity index (χ0v) is 13.4. The zero-order valence-electron chi connectivity index (χ0n) is 11.0. The van der Waals surface area contributed by atoms with E-state index in [1.165, 1.54) is 0 Å². The molecule has 2 aromatic carbocycles. The Bertz CT molecular complexity index is 546. The maximum absolute atomic E-state index is 9.65. The smallest absolute Gasteiger partial charge is 0.0705 e. The van der Waals surface area contributed by atoms with Crippen LogP contribution in [0.25, 0.3) is 0 Å². The predicted molar refractivity (Wildman–Crippen MR) is 87.9 cm³/mol. The molecule has 0 spiro atoms. The standard InChI is InChI=1S/C15H16ClNOS.ClH/c1-10(18)15(17)13-4-2-3-5-14(13)19-12-8-6-11(16)7-9-12;/h2-10,15,18H,17H2,1H3;1H/t10-,15-;/m1./s1. The van der Waals surface area contributed by atoms with Gasteiger partial charge in [0.05, 0.1) is 12.1 Å². The first kappa shape index (κ1) is 17.3. The highest BCUT2D eigenvalue weighted by atomic mass is 35.5. The van der Waals surface area contributed by atoms with Gasteiger partial charge in [0.15, 0.2) is 0 Å². The summed E-state index contributed by atoms with van der Waals surface area (Å²) in [6.45, 7) is 1.70. The average molecular weight is 330 g/mol. The molecule has 0 saturated carbocycles. The SMILES string of the molecule is C[C@@H](O)[C@@H](N)c1ccccc1Sc1ccc(Cl)cc1.Cl. The Labute approximate surface area is 134 Å². The van der Waals surface area contributed by atoms with E-state index in [9.17, 15) is 5.11 Å². The number of rotatable bonds is 4. The normalized spacial score (nSPS) is 13.4. The minimum atomic E-state index is -0.577. The van der Waals surface area contributed by atoms with Crippen LogP contribution in [0.4, 0.5) is 0 Å². The Morgan fingerprint density at radius 2 is 1.70 bits per heavy atom. The fraction of sp³-hybridized carbons (Fsp3) is 0.200. The largest absolute Gasteiger partial charge is 0.391 e. The fourth-order valence-electron chi connectivity index (χ4n) is 1.74. The van der Waals surface area contributed by atoms with Gasteiger partial charge in [-0.1, -0.05) is 41.6 Å². The summed E-state index contributed by atoms with van der Waals surface area (Å²) in [7, 11) is 0. The Morgan fingerprint density at radius 3 is 2.30 bits per heavy atom. The summed E-state index contributed by atoms with van der Waals surface area (Å²) < 4.78 is 0. The number of aliphatic hydroxyl groups excluding tert-OH is 1. The van der Waals surface area contributed by atoms with Crippen LogP contribution in [0.3, 0.4) is 0 Å². The maximum atomic E-state index is 9.65. The minimum Gasteiger partial charge on any atom is -0.391 e. The van der Waals surface area contributed by atoms with Gasteiger partial charge < -0.3 is 10.8 Å². The Balaban J connectivity index is 0.00000200. The summed E-state index contributed by atoms with van der Waals surface area (Å²) in [6, 6.07) is 15.2.